The highest BCUT2D eigenvalue weighted by Gasteiger charge is 2.55. The number of hydrogen-bond donors (Lipinski definition) is 0. The van der Waals surface area contributed by atoms with E-state index in [1.807, 2.05) is 44.2 Å². The van der Waals surface area contributed by atoms with Crippen molar-refractivity contribution >= 4 is 5.97 Å². The van der Waals surface area contributed by atoms with Gasteiger partial charge in [0.1, 0.15) is 31.0 Å². The molecule has 0 aliphatic carbocycles. The normalized spacial score (nSPS) is 31.1. The van der Waals surface area contributed by atoms with Crippen LogP contribution in [-0.4, -0.2) is 42.8 Å². The van der Waals surface area contributed by atoms with E-state index in [1.165, 1.54) is 6.92 Å². The van der Waals surface area contributed by atoms with E-state index in [-0.39, 0.29) is 30.9 Å². The highest BCUT2D eigenvalue weighted by atomic mass is 16.8. The highest BCUT2D eigenvalue weighted by molar-refractivity contribution is 5.65. The Kier molecular flexibility index (Phi) is 4.40. The van der Waals surface area contributed by atoms with Gasteiger partial charge in [0.15, 0.2) is 5.79 Å². The van der Waals surface area contributed by atoms with Gasteiger partial charge in [-0.15, -0.1) is 0 Å². The molecule has 2 fully saturated rings. The minimum Gasteiger partial charge on any atom is -0.463 e. The summed E-state index contributed by atoms with van der Waals surface area (Å²) in [6.07, 6.45) is -1.37. The van der Waals surface area contributed by atoms with Crippen LogP contribution < -0.4 is 0 Å². The van der Waals surface area contributed by atoms with Crippen molar-refractivity contribution in [3.05, 3.63) is 35.9 Å². The molecule has 3 rings (SSSR count). The second-order valence-corrected chi connectivity index (χ2v) is 6.10. The molecule has 0 bridgehead atoms. The Balaban J connectivity index is 1.76. The van der Waals surface area contributed by atoms with Gasteiger partial charge in [-0.3, -0.25) is 4.79 Å². The van der Waals surface area contributed by atoms with Gasteiger partial charge in [-0.05, 0) is 26.0 Å². The van der Waals surface area contributed by atoms with E-state index in [4.69, 9.17) is 18.9 Å². The number of fused-ring (bicyclic) bond motifs is 1. The van der Waals surface area contributed by atoms with Gasteiger partial charge >= 0.3 is 5.97 Å². The molecular weight excluding hydrogens is 296 g/mol. The minimum absolute atomic E-state index is 0.138. The van der Waals surface area contributed by atoms with E-state index in [9.17, 15) is 4.79 Å². The second-order valence-electron chi connectivity index (χ2n) is 6.10. The maximum Gasteiger partial charge on any atom is 0.302 e. The van der Waals surface area contributed by atoms with E-state index in [0.717, 1.165) is 5.56 Å². The van der Waals surface area contributed by atoms with Crippen molar-refractivity contribution in [2.45, 2.75) is 51.0 Å². The van der Waals surface area contributed by atoms with Crippen molar-refractivity contribution < 1.29 is 23.7 Å². The molecule has 122 valence electrons. The highest BCUT2D eigenvalue weighted by Crippen LogP contribution is 2.38. The van der Waals surface area contributed by atoms with Crippen LogP contribution in [0.2, 0.25) is 0 Å². The molecule has 0 unspecified atom stereocenters. The molecule has 2 aliphatic rings. The van der Waals surface area contributed by atoms with Crippen LogP contribution >= 0.6 is 0 Å². The summed E-state index contributed by atoms with van der Waals surface area (Å²) in [5.41, 5.74) is 0.911. The Morgan fingerprint density at radius 1 is 1.22 bits per heavy atom. The fraction of sp³-hybridized carbons (Fsp3) is 0.500. The molecule has 5 nitrogen and oxygen atoms in total. The predicted octanol–water partition coefficient (Wildman–Crippen LogP) is 1.89. The van der Waals surface area contributed by atoms with Crippen LogP contribution in [0.25, 0.3) is 0 Å². The molecule has 2 saturated heterocycles. The van der Waals surface area contributed by atoms with Gasteiger partial charge in [-0.1, -0.05) is 30.0 Å². The van der Waals surface area contributed by atoms with Crippen LogP contribution in [0.3, 0.4) is 0 Å². The number of benzene rings is 1. The Labute approximate surface area is 135 Å². The lowest BCUT2D eigenvalue weighted by Gasteiger charge is -2.22. The number of ether oxygens (including phenoxy) is 4. The first-order valence-electron chi connectivity index (χ1n) is 7.66. The summed E-state index contributed by atoms with van der Waals surface area (Å²) in [4.78, 5) is 11.0. The fourth-order valence-corrected chi connectivity index (χ4v) is 2.81. The SMILES string of the molecule is CC(=O)OC[C@H]1O[C@@H](C#Cc2ccccc2)[C@@H]2OC(C)(C)O[C@@H]21. The van der Waals surface area contributed by atoms with Gasteiger partial charge in [0.05, 0.1) is 0 Å². The van der Waals surface area contributed by atoms with Gasteiger partial charge in [0.2, 0.25) is 0 Å². The average molecular weight is 316 g/mol. The molecule has 23 heavy (non-hydrogen) atoms. The molecule has 1 aromatic rings. The summed E-state index contributed by atoms with van der Waals surface area (Å²) in [6, 6.07) is 9.69. The molecule has 2 heterocycles. The predicted molar refractivity (Wildman–Crippen MR) is 82.4 cm³/mol. The topological polar surface area (TPSA) is 54.0 Å². The lowest BCUT2D eigenvalue weighted by atomic mass is 10.1. The van der Waals surface area contributed by atoms with Crippen molar-refractivity contribution in [3.63, 3.8) is 0 Å². The van der Waals surface area contributed by atoms with Crippen molar-refractivity contribution in [1.82, 2.24) is 0 Å². The summed E-state index contributed by atoms with van der Waals surface area (Å²) in [5.74, 6) is 5.16. The Morgan fingerprint density at radius 3 is 2.61 bits per heavy atom. The van der Waals surface area contributed by atoms with Crippen LogP contribution in [0, 0.1) is 11.8 Å². The van der Waals surface area contributed by atoms with Gasteiger partial charge < -0.3 is 18.9 Å². The van der Waals surface area contributed by atoms with Crippen LogP contribution in [0.15, 0.2) is 30.3 Å². The van der Waals surface area contributed by atoms with E-state index in [1.54, 1.807) is 0 Å². The number of carbonyl (C=O) groups is 1. The number of carbonyl (C=O) groups excluding carboxylic acids is 1. The summed E-state index contributed by atoms with van der Waals surface area (Å²) < 4.78 is 22.8. The van der Waals surface area contributed by atoms with Crippen molar-refractivity contribution in [1.29, 1.82) is 0 Å². The van der Waals surface area contributed by atoms with Crippen molar-refractivity contribution in [2.75, 3.05) is 6.61 Å². The standard InChI is InChI=1S/C18H20O5/c1-12(19)20-11-15-17-16(22-18(2,3)23-17)14(21-15)10-9-13-7-5-4-6-8-13/h4-8,14-17H,11H2,1-3H3/t14-,15+,16-,17+/m0/s1. The number of esters is 1. The molecule has 0 saturated carbocycles. The summed E-state index contributed by atoms with van der Waals surface area (Å²) >= 11 is 0. The second kappa shape index (κ2) is 6.32. The third kappa shape index (κ3) is 3.73. The van der Waals surface area contributed by atoms with Crippen molar-refractivity contribution in [2.24, 2.45) is 0 Å². The van der Waals surface area contributed by atoms with Gasteiger partial charge in [-0.25, -0.2) is 0 Å². The molecule has 0 radical (unpaired) electrons. The molecule has 5 heteroatoms. The third-order valence-electron chi connectivity index (χ3n) is 3.73. The molecule has 0 spiro atoms. The first kappa shape index (κ1) is 16.0. The van der Waals surface area contributed by atoms with Gasteiger partial charge in [0.25, 0.3) is 0 Å². The lowest BCUT2D eigenvalue weighted by Crippen LogP contribution is -2.33. The molecule has 2 aliphatic heterocycles. The maximum atomic E-state index is 11.0. The summed E-state index contributed by atoms with van der Waals surface area (Å²) in [5, 5.41) is 0. The zero-order valence-corrected chi connectivity index (χ0v) is 13.4. The Hall–Kier alpha value is -1.87. The van der Waals surface area contributed by atoms with Gasteiger partial charge in [-0.2, -0.15) is 0 Å². The quantitative estimate of drug-likeness (QED) is 0.616. The first-order chi connectivity index (χ1) is 10.9. The molecular formula is C18H20O5. The minimum atomic E-state index is -0.694. The van der Waals surface area contributed by atoms with Crippen LogP contribution in [-0.2, 0) is 23.7 Å². The van der Waals surface area contributed by atoms with Crippen molar-refractivity contribution in [3.8, 4) is 11.8 Å². The lowest BCUT2D eigenvalue weighted by molar-refractivity contribution is -0.187. The van der Waals surface area contributed by atoms with Gasteiger partial charge in [0, 0.05) is 12.5 Å². The van der Waals surface area contributed by atoms with Crippen LogP contribution in [0.5, 0.6) is 0 Å². The molecule has 0 N–H and O–H groups in total. The van der Waals surface area contributed by atoms with E-state index >= 15 is 0 Å². The zero-order chi connectivity index (χ0) is 16.4. The molecule has 1 aromatic carbocycles. The maximum absolute atomic E-state index is 11.0. The Morgan fingerprint density at radius 2 is 1.91 bits per heavy atom. The van der Waals surface area contributed by atoms with Crippen LogP contribution in [0.1, 0.15) is 26.3 Å². The largest absolute Gasteiger partial charge is 0.463 e. The van der Waals surface area contributed by atoms with Crippen LogP contribution in [0.4, 0.5) is 0 Å². The van der Waals surface area contributed by atoms with E-state index in [0.29, 0.717) is 0 Å². The smallest absolute Gasteiger partial charge is 0.302 e. The Bertz CT molecular complexity index is 628. The first-order valence-corrected chi connectivity index (χ1v) is 7.66. The molecule has 0 amide bonds. The third-order valence-corrected chi connectivity index (χ3v) is 3.73. The summed E-state index contributed by atoms with van der Waals surface area (Å²) in [6.45, 7) is 5.22. The average Bonchev–Trinajstić information content (AvgIpc) is 2.98. The van der Waals surface area contributed by atoms with E-state index in [2.05, 4.69) is 11.8 Å². The molecule has 4 atom stereocenters. The van der Waals surface area contributed by atoms with E-state index < -0.39 is 11.9 Å². The summed E-state index contributed by atoms with van der Waals surface area (Å²) in [7, 11) is 0. The number of hydrogen-bond acceptors (Lipinski definition) is 5. The fourth-order valence-electron chi connectivity index (χ4n) is 2.81. The monoisotopic (exact) mass is 316 g/mol. The molecule has 0 aromatic heterocycles. The number of rotatable bonds is 2. The zero-order valence-electron chi connectivity index (χ0n) is 13.4.